The SMILES string of the molecule is CCOc1cc(/C=N\NC(=O)c2ccccc2)cc(I)c1OCc1ccccc1C. The molecule has 0 fully saturated rings. The predicted octanol–water partition coefficient (Wildman–Crippen LogP) is 5.34. The normalized spacial score (nSPS) is 10.8. The van der Waals surface area contributed by atoms with Gasteiger partial charge in [-0.25, -0.2) is 5.43 Å². The molecule has 1 amide bonds. The third-order valence-corrected chi connectivity index (χ3v) is 5.18. The topological polar surface area (TPSA) is 59.9 Å². The van der Waals surface area contributed by atoms with Gasteiger partial charge in [-0.1, -0.05) is 42.5 Å². The van der Waals surface area contributed by atoms with Crippen LogP contribution in [0.1, 0.15) is 34.0 Å². The van der Waals surface area contributed by atoms with Gasteiger partial charge in [0.1, 0.15) is 6.61 Å². The molecule has 30 heavy (non-hydrogen) atoms. The number of hydrazone groups is 1. The number of rotatable bonds is 8. The highest BCUT2D eigenvalue weighted by atomic mass is 127. The van der Waals surface area contributed by atoms with Crippen LogP contribution in [0.15, 0.2) is 71.8 Å². The Morgan fingerprint density at radius 3 is 2.53 bits per heavy atom. The summed E-state index contributed by atoms with van der Waals surface area (Å²) in [6, 6.07) is 20.9. The van der Waals surface area contributed by atoms with Gasteiger partial charge < -0.3 is 9.47 Å². The largest absolute Gasteiger partial charge is 0.490 e. The first-order valence-corrected chi connectivity index (χ1v) is 10.7. The molecule has 0 heterocycles. The van der Waals surface area contributed by atoms with Crippen LogP contribution in [0.4, 0.5) is 0 Å². The van der Waals surface area contributed by atoms with E-state index in [1.54, 1.807) is 18.3 Å². The van der Waals surface area contributed by atoms with Crippen molar-refractivity contribution in [3.05, 3.63) is 92.6 Å². The van der Waals surface area contributed by atoms with Gasteiger partial charge in [0.05, 0.1) is 16.4 Å². The molecule has 1 N–H and O–H groups in total. The highest BCUT2D eigenvalue weighted by Gasteiger charge is 2.13. The molecule has 0 atom stereocenters. The van der Waals surface area contributed by atoms with Crippen molar-refractivity contribution in [2.24, 2.45) is 5.10 Å². The van der Waals surface area contributed by atoms with Crippen LogP contribution < -0.4 is 14.9 Å². The molecule has 0 bridgehead atoms. The minimum Gasteiger partial charge on any atom is -0.490 e. The van der Waals surface area contributed by atoms with Crippen LogP contribution in [0.2, 0.25) is 0 Å². The van der Waals surface area contributed by atoms with E-state index in [-0.39, 0.29) is 5.91 Å². The van der Waals surface area contributed by atoms with Gasteiger partial charge in [-0.15, -0.1) is 0 Å². The van der Waals surface area contributed by atoms with Crippen LogP contribution >= 0.6 is 22.6 Å². The zero-order valence-corrected chi connectivity index (χ0v) is 19.0. The number of nitrogens with one attached hydrogen (secondary N) is 1. The lowest BCUT2D eigenvalue weighted by atomic mass is 10.1. The summed E-state index contributed by atoms with van der Waals surface area (Å²) in [5.74, 6) is 1.09. The lowest BCUT2D eigenvalue weighted by molar-refractivity contribution is 0.0955. The Morgan fingerprint density at radius 1 is 1.07 bits per heavy atom. The number of halogens is 1. The Balaban J connectivity index is 1.73. The Morgan fingerprint density at radius 2 is 1.80 bits per heavy atom. The molecule has 0 unspecified atom stereocenters. The van der Waals surface area contributed by atoms with Gasteiger partial charge in [0, 0.05) is 5.56 Å². The highest BCUT2D eigenvalue weighted by molar-refractivity contribution is 14.1. The van der Waals surface area contributed by atoms with Gasteiger partial charge in [0.2, 0.25) is 0 Å². The molecule has 5 nitrogen and oxygen atoms in total. The van der Waals surface area contributed by atoms with Crippen LogP contribution in [-0.2, 0) is 6.61 Å². The molecular weight excluding hydrogens is 491 g/mol. The molecule has 3 aromatic carbocycles. The molecule has 0 aromatic heterocycles. The molecule has 0 aliphatic carbocycles. The fraction of sp³-hybridized carbons (Fsp3) is 0.167. The van der Waals surface area contributed by atoms with Crippen molar-refractivity contribution in [1.29, 1.82) is 0 Å². The summed E-state index contributed by atoms with van der Waals surface area (Å²) in [7, 11) is 0. The summed E-state index contributed by atoms with van der Waals surface area (Å²) in [6.07, 6.45) is 1.59. The van der Waals surface area contributed by atoms with Crippen molar-refractivity contribution in [2.75, 3.05) is 6.61 Å². The van der Waals surface area contributed by atoms with E-state index in [4.69, 9.17) is 9.47 Å². The Kier molecular flexibility index (Phi) is 7.84. The first kappa shape index (κ1) is 21.8. The number of nitrogens with zero attached hydrogens (tertiary/aromatic N) is 1. The van der Waals surface area contributed by atoms with E-state index in [1.165, 1.54) is 5.56 Å². The molecule has 0 aliphatic rings. The van der Waals surface area contributed by atoms with Gasteiger partial charge in [-0.05, 0) is 77.4 Å². The van der Waals surface area contributed by atoms with Crippen molar-refractivity contribution >= 4 is 34.7 Å². The second-order valence-corrected chi connectivity index (χ2v) is 7.71. The van der Waals surface area contributed by atoms with E-state index in [1.807, 2.05) is 49.4 Å². The van der Waals surface area contributed by atoms with E-state index >= 15 is 0 Å². The molecule has 154 valence electrons. The third kappa shape index (κ3) is 5.82. The Labute approximate surface area is 190 Å². The van der Waals surface area contributed by atoms with Crippen molar-refractivity contribution < 1.29 is 14.3 Å². The number of hydrogen-bond donors (Lipinski definition) is 1. The number of hydrogen-bond acceptors (Lipinski definition) is 4. The van der Waals surface area contributed by atoms with Crippen LogP contribution in [0.5, 0.6) is 11.5 Å². The summed E-state index contributed by atoms with van der Waals surface area (Å²) in [5.41, 5.74) is 6.22. The number of amides is 1. The van der Waals surface area contributed by atoms with E-state index in [0.29, 0.717) is 30.3 Å². The van der Waals surface area contributed by atoms with Gasteiger partial charge in [0.15, 0.2) is 11.5 Å². The molecule has 3 aromatic rings. The van der Waals surface area contributed by atoms with E-state index in [2.05, 4.69) is 52.2 Å². The third-order valence-electron chi connectivity index (χ3n) is 4.38. The second kappa shape index (κ2) is 10.8. The summed E-state index contributed by atoms with van der Waals surface area (Å²) >= 11 is 2.22. The van der Waals surface area contributed by atoms with E-state index in [9.17, 15) is 4.79 Å². The quantitative estimate of drug-likeness (QED) is 0.251. The molecule has 6 heteroatoms. The van der Waals surface area contributed by atoms with Crippen LogP contribution in [0.3, 0.4) is 0 Å². The van der Waals surface area contributed by atoms with Gasteiger partial charge in [-0.2, -0.15) is 5.10 Å². The molecule has 0 saturated carbocycles. The fourth-order valence-electron chi connectivity index (χ4n) is 2.81. The van der Waals surface area contributed by atoms with Crippen molar-refractivity contribution in [1.82, 2.24) is 5.43 Å². The predicted molar refractivity (Wildman–Crippen MR) is 127 cm³/mol. The number of carbonyl (C=O) groups excluding carboxylic acids is 1. The number of ether oxygens (including phenoxy) is 2. The van der Waals surface area contributed by atoms with Gasteiger partial charge >= 0.3 is 0 Å². The standard InChI is InChI=1S/C24H23IN2O3/c1-3-29-22-14-18(15-26-27-24(28)19-10-5-4-6-11-19)13-21(25)23(22)30-16-20-12-8-7-9-17(20)2/h4-15H,3,16H2,1-2H3,(H,27,28)/b26-15-. The first-order chi connectivity index (χ1) is 14.6. The maximum absolute atomic E-state index is 12.1. The molecule has 0 spiro atoms. The van der Waals surface area contributed by atoms with Crippen molar-refractivity contribution in [3.8, 4) is 11.5 Å². The smallest absolute Gasteiger partial charge is 0.271 e. The minimum atomic E-state index is -0.259. The Bertz CT molecular complexity index is 1040. The second-order valence-electron chi connectivity index (χ2n) is 6.54. The average Bonchev–Trinajstić information content (AvgIpc) is 2.75. The highest BCUT2D eigenvalue weighted by Crippen LogP contribution is 2.34. The van der Waals surface area contributed by atoms with Gasteiger partial charge in [-0.3, -0.25) is 4.79 Å². The van der Waals surface area contributed by atoms with Crippen LogP contribution in [-0.4, -0.2) is 18.7 Å². The summed E-state index contributed by atoms with van der Waals surface area (Å²) in [5, 5.41) is 4.07. The number of aryl methyl sites for hydroxylation is 1. The zero-order chi connectivity index (χ0) is 21.3. The first-order valence-electron chi connectivity index (χ1n) is 9.60. The maximum Gasteiger partial charge on any atom is 0.271 e. The molecule has 3 rings (SSSR count). The molecule has 0 saturated heterocycles. The monoisotopic (exact) mass is 514 g/mol. The minimum absolute atomic E-state index is 0.259. The van der Waals surface area contributed by atoms with Gasteiger partial charge in [0.25, 0.3) is 5.91 Å². The lowest BCUT2D eigenvalue weighted by Gasteiger charge is -2.15. The number of carbonyl (C=O) groups is 1. The van der Waals surface area contributed by atoms with Crippen molar-refractivity contribution in [2.45, 2.75) is 20.5 Å². The molecule has 0 aliphatic heterocycles. The molecular formula is C24H23IN2O3. The molecule has 0 radical (unpaired) electrons. The lowest BCUT2D eigenvalue weighted by Crippen LogP contribution is -2.17. The zero-order valence-electron chi connectivity index (χ0n) is 16.9. The van der Waals surface area contributed by atoms with Crippen molar-refractivity contribution in [3.63, 3.8) is 0 Å². The average molecular weight is 514 g/mol. The van der Waals surface area contributed by atoms with E-state index < -0.39 is 0 Å². The summed E-state index contributed by atoms with van der Waals surface area (Å²) in [4.78, 5) is 12.1. The van der Waals surface area contributed by atoms with Crippen LogP contribution in [0.25, 0.3) is 0 Å². The fourth-order valence-corrected chi connectivity index (χ4v) is 3.59. The van der Waals surface area contributed by atoms with Crippen LogP contribution in [0, 0.1) is 10.5 Å². The summed E-state index contributed by atoms with van der Waals surface area (Å²) < 4.78 is 12.8. The number of benzene rings is 3. The Hall–Kier alpha value is -2.87. The van der Waals surface area contributed by atoms with E-state index in [0.717, 1.165) is 14.7 Å². The maximum atomic E-state index is 12.1. The summed E-state index contributed by atoms with van der Waals surface area (Å²) in [6.45, 7) is 4.97.